The van der Waals surface area contributed by atoms with Gasteiger partial charge in [0.2, 0.25) is 0 Å². The van der Waals surface area contributed by atoms with E-state index in [0.717, 1.165) is 16.6 Å². The van der Waals surface area contributed by atoms with E-state index >= 15 is 0 Å². The summed E-state index contributed by atoms with van der Waals surface area (Å²) >= 11 is -2.51. The number of aromatic hydroxyl groups is 1. The number of rotatable bonds is 4. The molecule has 4 aromatic rings. The van der Waals surface area contributed by atoms with Crippen LogP contribution in [0.2, 0.25) is 0 Å². The molecule has 2 N–H and O–H groups in total. The summed E-state index contributed by atoms with van der Waals surface area (Å²) in [6.45, 7) is 3.59. The Balaban J connectivity index is 2.16. The number of nitrogens with zero attached hydrogens (tertiary/aromatic N) is 2. The van der Waals surface area contributed by atoms with Gasteiger partial charge >= 0.3 is 0 Å². The van der Waals surface area contributed by atoms with Gasteiger partial charge in [0.15, 0.2) is 0 Å². The average Bonchev–Trinajstić information content (AvgIpc) is 3.13. The lowest BCUT2D eigenvalue weighted by molar-refractivity contribution is 0.393. The van der Waals surface area contributed by atoms with Gasteiger partial charge in [-0.3, -0.25) is 4.21 Å². The van der Waals surface area contributed by atoms with Crippen molar-refractivity contribution in [3.63, 3.8) is 0 Å². The van der Waals surface area contributed by atoms with Crippen LogP contribution >= 0.6 is 0 Å². The van der Waals surface area contributed by atoms with Crippen LogP contribution < -0.4 is 4.72 Å². The van der Waals surface area contributed by atoms with E-state index < -0.39 is 11.3 Å². The molecule has 2 aromatic carbocycles. The highest BCUT2D eigenvalue weighted by Crippen LogP contribution is 2.42. The minimum Gasteiger partial charge on any atom is -0.755 e. The summed E-state index contributed by atoms with van der Waals surface area (Å²) in [5.74, 6) is 0.725. The Labute approximate surface area is 157 Å². The van der Waals surface area contributed by atoms with Crippen LogP contribution in [0.3, 0.4) is 0 Å². The molecule has 138 valence electrons. The van der Waals surface area contributed by atoms with Crippen molar-refractivity contribution < 1.29 is 18.4 Å². The van der Waals surface area contributed by atoms with Gasteiger partial charge in [0.05, 0.1) is 28.2 Å². The highest BCUT2D eigenvalue weighted by molar-refractivity contribution is 7.80. The van der Waals surface area contributed by atoms with E-state index in [1.807, 2.05) is 35.8 Å². The van der Waals surface area contributed by atoms with Crippen molar-refractivity contribution in [2.75, 3.05) is 4.72 Å². The van der Waals surface area contributed by atoms with Crippen molar-refractivity contribution in [1.82, 2.24) is 9.72 Å². The van der Waals surface area contributed by atoms with E-state index in [-0.39, 0.29) is 5.75 Å². The fraction of sp³-hybridized carbons (Fsp3) is 0.105. The first kappa shape index (κ1) is 17.3. The Morgan fingerprint density at radius 3 is 2.48 bits per heavy atom. The Hall–Kier alpha value is -3.10. The molecule has 0 aliphatic heterocycles. The summed E-state index contributed by atoms with van der Waals surface area (Å²) in [4.78, 5) is 0. The van der Waals surface area contributed by atoms with Gasteiger partial charge in [0.25, 0.3) is 0 Å². The van der Waals surface area contributed by atoms with Crippen LogP contribution in [-0.2, 0) is 11.3 Å². The molecule has 0 amide bonds. The molecule has 2 aromatic heterocycles. The number of nitrogens with one attached hydrogen (secondary N) is 1. The second kappa shape index (κ2) is 6.57. The van der Waals surface area contributed by atoms with Gasteiger partial charge in [0, 0.05) is 22.3 Å². The van der Waals surface area contributed by atoms with Gasteiger partial charge in [0.1, 0.15) is 11.5 Å². The zero-order valence-corrected chi connectivity index (χ0v) is 15.4. The third kappa shape index (κ3) is 2.88. The second-order valence-corrected chi connectivity index (χ2v) is 6.80. The van der Waals surface area contributed by atoms with Crippen LogP contribution in [-0.4, -0.2) is 23.6 Å². The van der Waals surface area contributed by atoms with Gasteiger partial charge in [-0.15, -0.1) is 0 Å². The quantitative estimate of drug-likeness (QED) is 0.522. The average molecular weight is 382 g/mol. The summed E-state index contributed by atoms with van der Waals surface area (Å²) in [6, 6.07) is 14.2. The molecular weight excluding hydrogens is 366 g/mol. The number of aryl methyl sites for hydroxylation is 2. The first-order valence-electron chi connectivity index (χ1n) is 8.19. The SMILES string of the molecule is Cc1noc(C)c1-c1c(NS(=O)[O-])c2ccccc2n1-c1ccc(O)cc1. The van der Waals surface area contributed by atoms with E-state index in [9.17, 15) is 13.9 Å². The van der Waals surface area contributed by atoms with Crippen LogP contribution in [0.25, 0.3) is 27.8 Å². The summed E-state index contributed by atoms with van der Waals surface area (Å²) in [5.41, 5.74) is 4.01. The number of hydrogen-bond acceptors (Lipinski definition) is 5. The monoisotopic (exact) mass is 382 g/mol. The molecule has 0 aliphatic rings. The standard InChI is InChI=1S/C19H17N3O4S/c1-11-17(12(2)26-20-11)19-18(21-27(24)25)15-5-3-4-6-16(15)22(19)13-7-9-14(23)10-8-13/h3-10,21,23H,1-2H3,(H,24,25)/p-1. The Morgan fingerprint density at radius 2 is 1.85 bits per heavy atom. The third-order valence-electron chi connectivity index (χ3n) is 4.44. The highest BCUT2D eigenvalue weighted by Gasteiger charge is 2.25. The van der Waals surface area contributed by atoms with Gasteiger partial charge < -0.3 is 23.5 Å². The smallest absolute Gasteiger partial charge is 0.143 e. The summed E-state index contributed by atoms with van der Waals surface area (Å²) in [5, 5.41) is 14.4. The van der Waals surface area contributed by atoms with Gasteiger partial charge in [-0.05, 0) is 44.2 Å². The first-order valence-corrected chi connectivity index (χ1v) is 9.27. The number of fused-ring (bicyclic) bond motifs is 1. The summed E-state index contributed by atoms with van der Waals surface area (Å²) < 4.78 is 32.8. The lowest BCUT2D eigenvalue weighted by Gasteiger charge is -2.14. The van der Waals surface area contributed by atoms with E-state index in [1.165, 1.54) is 0 Å². The molecule has 0 radical (unpaired) electrons. The zero-order chi connectivity index (χ0) is 19.1. The number of anilines is 1. The number of hydrogen-bond donors (Lipinski definition) is 2. The largest absolute Gasteiger partial charge is 0.755 e. The molecule has 27 heavy (non-hydrogen) atoms. The molecule has 0 spiro atoms. The molecule has 0 fully saturated rings. The van der Waals surface area contributed by atoms with Crippen molar-refractivity contribution >= 4 is 27.9 Å². The maximum atomic E-state index is 11.5. The third-order valence-corrected chi connectivity index (χ3v) is 4.81. The normalized spacial score (nSPS) is 12.4. The van der Waals surface area contributed by atoms with E-state index in [2.05, 4.69) is 9.88 Å². The lowest BCUT2D eigenvalue weighted by atomic mass is 10.1. The topological polar surface area (TPSA) is 103 Å². The van der Waals surface area contributed by atoms with Gasteiger partial charge in [-0.25, -0.2) is 0 Å². The van der Waals surface area contributed by atoms with Gasteiger partial charge in [-0.1, -0.05) is 23.4 Å². The maximum Gasteiger partial charge on any atom is 0.143 e. The molecule has 1 atom stereocenters. The van der Waals surface area contributed by atoms with E-state index in [1.54, 1.807) is 31.2 Å². The van der Waals surface area contributed by atoms with Crippen molar-refractivity contribution in [2.24, 2.45) is 0 Å². The Morgan fingerprint density at radius 1 is 1.15 bits per heavy atom. The van der Waals surface area contributed by atoms with Crippen LogP contribution in [0.5, 0.6) is 5.75 Å². The van der Waals surface area contributed by atoms with Crippen LogP contribution in [0.4, 0.5) is 5.69 Å². The predicted molar refractivity (Wildman–Crippen MR) is 102 cm³/mol. The molecule has 0 saturated carbocycles. The van der Waals surface area contributed by atoms with E-state index in [4.69, 9.17) is 4.52 Å². The molecule has 4 rings (SSSR count). The molecule has 1 unspecified atom stereocenters. The maximum absolute atomic E-state index is 11.5. The number of benzene rings is 2. The first-order chi connectivity index (χ1) is 13.0. The van der Waals surface area contributed by atoms with Crippen LogP contribution in [0.15, 0.2) is 53.1 Å². The Kier molecular flexibility index (Phi) is 4.21. The van der Waals surface area contributed by atoms with Crippen LogP contribution in [0, 0.1) is 13.8 Å². The lowest BCUT2D eigenvalue weighted by Crippen LogP contribution is -2.05. The Bertz CT molecular complexity index is 1140. The second-order valence-electron chi connectivity index (χ2n) is 6.13. The summed E-state index contributed by atoms with van der Waals surface area (Å²) in [7, 11) is 0. The zero-order valence-electron chi connectivity index (χ0n) is 14.6. The van der Waals surface area contributed by atoms with Crippen molar-refractivity contribution in [1.29, 1.82) is 0 Å². The van der Waals surface area contributed by atoms with Gasteiger partial charge in [-0.2, -0.15) is 0 Å². The molecule has 8 heteroatoms. The predicted octanol–water partition coefficient (Wildman–Crippen LogP) is 3.81. The minimum absolute atomic E-state index is 0.146. The fourth-order valence-electron chi connectivity index (χ4n) is 3.35. The van der Waals surface area contributed by atoms with Crippen LogP contribution in [0.1, 0.15) is 11.5 Å². The molecule has 7 nitrogen and oxygen atoms in total. The minimum atomic E-state index is -2.51. The molecule has 0 bridgehead atoms. The number of aromatic nitrogens is 2. The van der Waals surface area contributed by atoms with E-state index in [0.29, 0.717) is 28.4 Å². The number of para-hydroxylation sites is 1. The molecule has 0 aliphatic carbocycles. The number of phenols is 1. The number of phenolic OH excluding ortho intramolecular Hbond substituents is 1. The molecule has 2 heterocycles. The van der Waals surface area contributed by atoms with Crippen molar-refractivity contribution in [3.05, 3.63) is 60.0 Å². The summed E-state index contributed by atoms with van der Waals surface area (Å²) in [6.07, 6.45) is 0. The highest BCUT2D eigenvalue weighted by atomic mass is 32.2. The van der Waals surface area contributed by atoms with Crippen molar-refractivity contribution in [3.8, 4) is 22.7 Å². The van der Waals surface area contributed by atoms with Crippen molar-refractivity contribution in [2.45, 2.75) is 13.8 Å². The molecular formula is C19H16N3O4S-. The molecule has 0 saturated heterocycles. The fourth-order valence-corrected chi connectivity index (χ4v) is 3.73.